The van der Waals surface area contributed by atoms with Crippen LogP contribution in [-0.4, -0.2) is 29.3 Å². The predicted molar refractivity (Wildman–Crippen MR) is 73.7 cm³/mol. The quantitative estimate of drug-likeness (QED) is 0.763. The Kier molecular flexibility index (Phi) is 4.10. The van der Waals surface area contributed by atoms with E-state index in [0.717, 1.165) is 35.0 Å². The van der Waals surface area contributed by atoms with E-state index in [0.29, 0.717) is 5.88 Å². The van der Waals surface area contributed by atoms with Crippen LogP contribution in [0, 0.1) is 6.92 Å². The summed E-state index contributed by atoms with van der Waals surface area (Å²) in [6, 6.07) is 5.93. The summed E-state index contributed by atoms with van der Waals surface area (Å²) in [5.41, 5.74) is 1.77. The zero-order valence-electron chi connectivity index (χ0n) is 9.75. The van der Waals surface area contributed by atoms with Crippen LogP contribution in [-0.2, 0) is 0 Å². The number of halogens is 2. The minimum Gasteiger partial charge on any atom is -0.334 e. The minimum atomic E-state index is 0.104. The van der Waals surface area contributed by atoms with Crippen molar-refractivity contribution in [2.45, 2.75) is 25.8 Å². The molecule has 0 radical (unpaired) electrons. The largest absolute Gasteiger partial charge is 0.334 e. The van der Waals surface area contributed by atoms with Gasteiger partial charge in [0.1, 0.15) is 0 Å². The highest BCUT2D eigenvalue weighted by atomic mass is 79.9. The highest BCUT2D eigenvalue weighted by Crippen LogP contribution is 2.25. The first-order chi connectivity index (χ1) is 8.15. The van der Waals surface area contributed by atoms with Crippen molar-refractivity contribution in [1.29, 1.82) is 0 Å². The lowest BCUT2D eigenvalue weighted by Gasteiger charge is -2.24. The summed E-state index contributed by atoms with van der Waals surface area (Å²) < 4.78 is 0.977. The van der Waals surface area contributed by atoms with E-state index in [4.69, 9.17) is 11.6 Å². The smallest absolute Gasteiger partial charge is 0.254 e. The maximum Gasteiger partial charge on any atom is 0.254 e. The number of carbonyl (C=O) groups is 1. The summed E-state index contributed by atoms with van der Waals surface area (Å²) in [5, 5.41) is 0. The van der Waals surface area contributed by atoms with Crippen molar-refractivity contribution in [3.8, 4) is 0 Å². The van der Waals surface area contributed by atoms with Crippen molar-refractivity contribution in [1.82, 2.24) is 4.90 Å². The molecule has 0 aliphatic carbocycles. The fourth-order valence-corrected chi connectivity index (χ4v) is 2.94. The van der Waals surface area contributed by atoms with Gasteiger partial charge in [-0.15, -0.1) is 11.6 Å². The SMILES string of the molecule is Cc1c(Br)cccc1C(=O)N1CCCC1CCl. The Balaban J connectivity index is 2.28. The lowest BCUT2D eigenvalue weighted by atomic mass is 10.1. The molecule has 17 heavy (non-hydrogen) atoms. The van der Waals surface area contributed by atoms with Gasteiger partial charge in [-0.1, -0.05) is 22.0 Å². The van der Waals surface area contributed by atoms with Gasteiger partial charge in [0, 0.05) is 28.5 Å². The number of nitrogens with zero attached hydrogens (tertiary/aromatic N) is 1. The van der Waals surface area contributed by atoms with Crippen LogP contribution in [0.3, 0.4) is 0 Å². The minimum absolute atomic E-state index is 0.104. The number of benzene rings is 1. The third kappa shape index (κ3) is 2.50. The summed E-state index contributed by atoms with van der Waals surface area (Å²) in [6.07, 6.45) is 2.07. The molecule has 1 unspecified atom stereocenters. The molecule has 2 rings (SSSR count). The Bertz CT molecular complexity index is 435. The monoisotopic (exact) mass is 315 g/mol. The second-order valence-corrected chi connectivity index (χ2v) is 5.52. The van der Waals surface area contributed by atoms with Gasteiger partial charge in [-0.25, -0.2) is 0 Å². The van der Waals surface area contributed by atoms with Crippen molar-refractivity contribution >= 4 is 33.4 Å². The van der Waals surface area contributed by atoms with E-state index in [1.54, 1.807) is 0 Å². The number of hydrogen-bond acceptors (Lipinski definition) is 1. The molecule has 0 bridgehead atoms. The maximum atomic E-state index is 12.4. The van der Waals surface area contributed by atoms with E-state index in [2.05, 4.69) is 15.9 Å². The van der Waals surface area contributed by atoms with Gasteiger partial charge in [-0.3, -0.25) is 4.79 Å². The molecule has 0 saturated carbocycles. The molecule has 0 spiro atoms. The van der Waals surface area contributed by atoms with E-state index in [1.807, 2.05) is 30.0 Å². The van der Waals surface area contributed by atoms with Gasteiger partial charge >= 0.3 is 0 Å². The highest BCUT2D eigenvalue weighted by Gasteiger charge is 2.29. The zero-order valence-corrected chi connectivity index (χ0v) is 12.1. The summed E-state index contributed by atoms with van der Waals surface area (Å²) in [5.74, 6) is 0.630. The highest BCUT2D eigenvalue weighted by molar-refractivity contribution is 9.10. The number of carbonyl (C=O) groups excluding carboxylic acids is 1. The van der Waals surface area contributed by atoms with Crippen molar-refractivity contribution in [3.05, 3.63) is 33.8 Å². The van der Waals surface area contributed by atoms with Crippen molar-refractivity contribution in [2.24, 2.45) is 0 Å². The van der Waals surface area contributed by atoms with Crippen LogP contribution in [0.5, 0.6) is 0 Å². The summed E-state index contributed by atoms with van der Waals surface area (Å²) >= 11 is 9.36. The molecular weight excluding hydrogens is 302 g/mol. The van der Waals surface area contributed by atoms with Gasteiger partial charge < -0.3 is 4.90 Å². The first kappa shape index (κ1) is 12.9. The molecule has 0 N–H and O–H groups in total. The molecule has 1 saturated heterocycles. The van der Waals surface area contributed by atoms with E-state index in [-0.39, 0.29) is 11.9 Å². The van der Waals surface area contributed by atoms with Gasteiger partial charge in [0.2, 0.25) is 0 Å². The summed E-state index contributed by atoms with van der Waals surface area (Å²) in [7, 11) is 0. The van der Waals surface area contributed by atoms with Crippen LogP contribution < -0.4 is 0 Å². The molecule has 1 aliphatic rings. The van der Waals surface area contributed by atoms with E-state index in [1.165, 1.54) is 0 Å². The van der Waals surface area contributed by atoms with Gasteiger partial charge in [-0.2, -0.15) is 0 Å². The Morgan fingerprint density at radius 1 is 1.59 bits per heavy atom. The predicted octanol–water partition coefficient (Wildman–Crippen LogP) is 3.60. The lowest BCUT2D eigenvalue weighted by molar-refractivity contribution is 0.0748. The fraction of sp³-hybridized carbons (Fsp3) is 0.462. The molecule has 4 heteroatoms. The zero-order chi connectivity index (χ0) is 12.4. The third-order valence-electron chi connectivity index (χ3n) is 3.31. The van der Waals surface area contributed by atoms with Gasteiger partial charge in [0.25, 0.3) is 5.91 Å². The molecule has 1 fully saturated rings. The Morgan fingerprint density at radius 3 is 3.06 bits per heavy atom. The molecule has 1 aromatic rings. The standard InChI is InChI=1S/C13H15BrClNO/c1-9-11(5-2-6-12(9)14)13(17)16-7-3-4-10(16)8-15/h2,5-6,10H,3-4,7-8H2,1H3. The van der Waals surface area contributed by atoms with E-state index < -0.39 is 0 Å². The number of hydrogen-bond donors (Lipinski definition) is 0. The van der Waals surface area contributed by atoms with E-state index >= 15 is 0 Å². The van der Waals surface area contributed by atoms with Crippen molar-refractivity contribution < 1.29 is 4.79 Å². The first-order valence-corrected chi connectivity index (χ1v) is 7.10. The molecule has 1 atom stereocenters. The van der Waals surface area contributed by atoms with Crippen LogP contribution in [0.4, 0.5) is 0 Å². The fourth-order valence-electron chi connectivity index (χ4n) is 2.26. The number of alkyl halides is 1. The molecule has 92 valence electrons. The number of rotatable bonds is 2. The molecule has 1 heterocycles. The van der Waals surface area contributed by atoms with Crippen molar-refractivity contribution in [2.75, 3.05) is 12.4 Å². The molecule has 1 amide bonds. The van der Waals surface area contributed by atoms with Crippen molar-refractivity contribution in [3.63, 3.8) is 0 Å². The van der Waals surface area contributed by atoms with Crippen LogP contribution >= 0.6 is 27.5 Å². The van der Waals surface area contributed by atoms with Gasteiger partial charge in [0.05, 0.1) is 0 Å². The topological polar surface area (TPSA) is 20.3 Å². The van der Waals surface area contributed by atoms with Gasteiger partial charge in [0.15, 0.2) is 0 Å². The number of amides is 1. The summed E-state index contributed by atoms with van der Waals surface area (Å²) in [6.45, 7) is 2.78. The second kappa shape index (κ2) is 5.40. The Hall–Kier alpha value is -0.540. The molecule has 1 aromatic carbocycles. The normalized spacial score (nSPS) is 19.7. The molecule has 2 nitrogen and oxygen atoms in total. The second-order valence-electron chi connectivity index (χ2n) is 4.36. The molecular formula is C13H15BrClNO. The van der Waals surface area contributed by atoms with Gasteiger partial charge in [-0.05, 0) is 37.5 Å². The maximum absolute atomic E-state index is 12.4. The van der Waals surface area contributed by atoms with Crippen LogP contribution in [0.2, 0.25) is 0 Å². The Labute approximate surface area is 115 Å². The van der Waals surface area contributed by atoms with Crippen LogP contribution in [0.25, 0.3) is 0 Å². The van der Waals surface area contributed by atoms with Crippen LogP contribution in [0.15, 0.2) is 22.7 Å². The lowest BCUT2D eigenvalue weighted by Crippen LogP contribution is -2.36. The van der Waals surface area contributed by atoms with Crippen LogP contribution in [0.1, 0.15) is 28.8 Å². The average molecular weight is 317 g/mol. The Morgan fingerprint density at radius 2 is 2.35 bits per heavy atom. The van der Waals surface area contributed by atoms with E-state index in [9.17, 15) is 4.79 Å². The first-order valence-electron chi connectivity index (χ1n) is 5.77. The molecule has 1 aliphatic heterocycles. The summed E-state index contributed by atoms with van der Waals surface area (Å²) in [4.78, 5) is 14.3. The number of likely N-dealkylation sites (tertiary alicyclic amines) is 1. The third-order valence-corrected chi connectivity index (χ3v) is 4.53. The average Bonchev–Trinajstić information content (AvgIpc) is 2.80. The molecule has 0 aromatic heterocycles.